The fraction of sp³-hybridized carbons (Fsp3) is 0.800. The second-order valence-electron chi connectivity index (χ2n) is 6.11. The normalized spacial score (nSPS) is 22.3. The standard InChI is InChI=1S/C15H24N4O2S/c1-11-17-18-15(19(11)9-13-7-4-8-21-13)22-10-14(20)16-12-5-2-3-6-12/h12-13H,2-10H2,1H3,(H,16,20). The summed E-state index contributed by atoms with van der Waals surface area (Å²) in [5.74, 6) is 1.38. The van der Waals surface area contributed by atoms with E-state index >= 15 is 0 Å². The quantitative estimate of drug-likeness (QED) is 0.810. The summed E-state index contributed by atoms with van der Waals surface area (Å²) in [5.41, 5.74) is 0. The largest absolute Gasteiger partial charge is 0.376 e. The summed E-state index contributed by atoms with van der Waals surface area (Å²) in [6.07, 6.45) is 7.15. The summed E-state index contributed by atoms with van der Waals surface area (Å²) in [6, 6.07) is 0.375. The van der Waals surface area contributed by atoms with Crippen molar-refractivity contribution in [3.63, 3.8) is 0 Å². The highest BCUT2D eigenvalue weighted by Crippen LogP contribution is 2.22. The summed E-state index contributed by atoms with van der Waals surface area (Å²) in [6.45, 7) is 3.58. The average molecular weight is 324 g/mol. The van der Waals surface area contributed by atoms with E-state index in [-0.39, 0.29) is 12.0 Å². The highest BCUT2D eigenvalue weighted by atomic mass is 32.2. The third kappa shape index (κ3) is 4.01. The maximum atomic E-state index is 12.0. The van der Waals surface area contributed by atoms with E-state index in [9.17, 15) is 4.79 Å². The van der Waals surface area contributed by atoms with E-state index in [1.54, 1.807) is 0 Å². The SMILES string of the molecule is Cc1nnc(SCC(=O)NC2CCCC2)n1CC1CCCO1. The Hall–Kier alpha value is -1.08. The molecule has 0 radical (unpaired) electrons. The van der Waals surface area contributed by atoms with Crippen LogP contribution in [-0.4, -0.2) is 45.2 Å². The number of nitrogens with zero attached hydrogens (tertiary/aromatic N) is 3. The molecular formula is C15H24N4O2S. The van der Waals surface area contributed by atoms with Crippen LogP contribution < -0.4 is 5.32 Å². The lowest BCUT2D eigenvalue weighted by molar-refractivity contribution is -0.119. The van der Waals surface area contributed by atoms with E-state index in [1.807, 2.05) is 6.92 Å². The molecule has 7 heteroatoms. The van der Waals surface area contributed by atoms with Crippen molar-refractivity contribution < 1.29 is 9.53 Å². The highest BCUT2D eigenvalue weighted by molar-refractivity contribution is 7.99. The van der Waals surface area contributed by atoms with Crippen LogP contribution in [0, 0.1) is 6.92 Å². The first-order valence-corrected chi connectivity index (χ1v) is 9.14. The Morgan fingerprint density at radius 2 is 2.14 bits per heavy atom. The number of nitrogens with one attached hydrogen (secondary N) is 1. The fourth-order valence-corrected chi connectivity index (χ4v) is 3.94. The zero-order valence-electron chi connectivity index (χ0n) is 13.1. The monoisotopic (exact) mass is 324 g/mol. The Morgan fingerprint density at radius 3 is 2.86 bits per heavy atom. The number of hydrogen-bond donors (Lipinski definition) is 1. The van der Waals surface area contributed by atoms with Crippen molar-refractivity contribution in [3.8, 4) is 0 Å². The van der Waals surface area contributed by atoms with Crippen LogP contribution in [0.1, 0.15) is 44.3 Å². The van der Waals surface area contributed by atoms with Gasteiger partial charge in [0.05, 0.1) is 18.4 Å². The fourth-order valence-electron chi connectivity index (χ4n) is 3.14. The van der Waals surface area contributed by atoms with Gasteiger partial charge >= 0.3 is 0 Å². The van der Waals surface area contributed by atoms with Crippen LogP contribution >= 0.6 is 11.8 Å². The van der Waals surface area contributed by atoms with Gasteiger partial charge in [0.1, 0.15) is 5.82 Å². The number of rotatable bonds is 6. The molecule has 6 nitrogen and oxygen atoms in total. The molecular weight excluding hydrogens is 300 g/mol. The van der Waals surface area contributed by atoms with E-state index in [0.29, 0.717) is 11.8 Å². The van der Waals surface area contributed by atoms with E-state index in [2.05, 4.69) is 20.1 Å². The topological polar surface area (TPSA) is 69.0 Å². The Balaban J connectivity index is 1.52. The van der Waals surface area contributed by atoms with Crippen LogP contribution in [0.3, 0.4) is 0 Å². The van der Waals surface area contributed by atoms with Gasteiger partial charge in [-0.05, 0) is 32.6 Å². The van der Waals surface area contributed by atoms with Crippen molar-refractivity contribution in [3.05, 3.63) is 5.82 Å². The number of aromatic nitrogens is 3. The van der Waals surface area contributed by atoms with Gasteiger partial charge in [0.2, 0.25) is 5.91 Å². The summed E-state index contributed by atoms with van der Waals surface area (Å²) in [5, 5.41) is 12.3. The summed E-state index contributed by atoms with van der Waals surface area (Å²) in [7, 11) is 0. The van der Waals surface area contributed by atoms with Gasteiger partial charge in [-0.2, -0.15) is 0 Å². The van der Waals surface area contributed by atoms with Crippen LogP contribution in [-0.2, 0) is 16.1 Å². The molecule has 1 amide bonds. The molecule has 3 rings (SSSR count). The molecule has 22 heavy (non-hydrogen) atoms. The first-order valence-electron chi connectivity index (χ1n) is 8.16. The van der Waals surface area contributed by atoms with Crippen molar-refractivity contribution >= 4 is 17.7 Å². The van der Waals surface area contributed by atoms with Gasteiger partial charge in [0.15, 0.2) is 5.16 Å². The minimum Gasteiger partial charge on any atom is -0.376 e. The molecule has 0 spiro atoms. The van der Waals surface area contributed by atoms with E-state index < -0.39 is 0 Å². The van der Waals surface area contributed by atoms with Crippen molar-refractivity contribution in [2.75, 3.05) is 12.4 Å². The van der Waals surface area contributed by atoms with Crippen LogP contribution in [0.2, 0.25) is 0 Å². The zero-order valence-corrected chi connectivity index (χ0v) is 13.9. The van der Waals surface area contributed by atoms with Gasteiger partial charge in [-0.1, -0.05) is 24.6 Å². The maximum Gasteiger partial charge on any atom is 0.230 e. The maximum absolute atomic E-state index is 12.0. The van der Waals surface area contributed by atoms with Gasteiger partial charge in [-0.25, -0.2) is 0 Å². The predicted octanol–water partition coefficient (Wildman–Crippen LogP) is 1.92. The van der Waals surface area contributed by atoms with E-state index in [0.717, 1.165) is 49.8 Å². The first kappa shape index (κ1) is 15.8. The minimum atomic E-state index is 0.0984. The van der Waals surface area contributed by atoms with Crippen molar-refractivity contribution in [1.82, 2.24) is 20.1 Å². The highest BCUT2D eigenvalue weighted by Gasteiger charge is 2.21. The van der Waals surface area contributed by atoms with Crippen molar-refractivity contribution in [2.24, 2.45) is 0 Å². The molecule has 0 bridgehead atoms. The Kier molecular flexibility index (Phi) is 5.36. The Labute approximate surface area is 135 Å². The van der Waals surface area contributed by atoms with Crippen molar-refractivity contribution in [2.45, 2.75) is 69.3 Å². The molecule has 2 fully saturated rings. The average Bonchev–Trinajstić information content (AvgIpc) is 3.23. The van der Waals surface area contributed by atoms with Gasteiger partial charge < -0.3 is 14.6 Å². The first-order chi connectivity index (χ1) is 10.7. The van der Waals surface area contributed by atoms with Crippen LogP contribution in [0.4, 0.5) is 0 Å². The molecule has 1 aliphatic heterocycles. The number of carbonyl (C=O) groups excluding carboxylic acids is 1. The molecule has 1 aromatic heterocycles. The number of ether oxygens (including phenoxy) is 1. The molecule has 1 saturated heterocycles. The third-order valence-corrected chi connectivity index (χ3v) is 5.33. The van der Waals surface area contributed by atoms with Crippen LogP contribution in [0.15, 0.2) is 5.16 Å². The Bertz CT molecular complexity index is 508. The number of thioether (sulfide) groups is 1. The van der Waals surface area contributed by atoms with E-state index in [1.165, 1.54) is 24.6 Å². The van der Waals surface area contributed by atoms with Crippen LogP contribution in [0.5, 0.6) is 0 Å². The Morgan fingerprint density at radius 1 is 1.32 bits per heavy atom. The molecule has 1 aliphatic carbocycles. The number of amides is 1. The minimum absolute atomic E-state index is 0.0984. The molecule has 1 N–H and O–H groups in total. The smallest absolute Gasteiger partial charge is 0.230 e. The lowest BCUT2D eigenvalue weighted by Gasteiger charge is -2.14. The molecule has 0 aromatic carbocycles. The molecule has 1 unspecified atom stereocenters. The van der Waals surface area contributed by atoms with Gasteiger partial charge in [0.25, 0.3) is 0 Å². The predicted molar refractivity (Wildman–Crippen MR) is 84.9 cm³/mol. The molecule has 122 valence electrons. The second kappa shape index (κ2) is 7.46. The number of hydrogen-bond acceptors (Lipinski definition) is 5. The summed E-state index contributed by atoms with van der Waals surface area (Å²) in [4.78, 5) is 12.0. The number of carbonyl (C=O) groups is 1. The lowest BCUT2D eigenvalue weighted by atomic mass is 10.2. The van der Waals surface area contributed by atoms with Crippen molar-refractivity contribution in [1.29, 1.82) is 0 Å². The summed E-state index contributed by atoms with van der Waals surface area (Å²) >= 11 is 1.46. The van der Waals surface area contributed by atoms with Gasteiger partial charge in [-0.3, -0.25) is 4.79 Å². The molecule has 1 atom stereocenters. The zero-order chi connectivity index (χ0) is 15.4. The third-order valence-electron chi connectivity index (χ3n) is 4.36. The van der Waals surface area contributed by atoms with Crippen LogP contribution in [0.25, 0.3) is 0 Å². The van der Waals surface area contributed by atoms with Gasteiger partial charge in [0, 0.05) is 12.6 Å². The molecule has 1 saturated carbocycles. The summed E-state index contributed by atoms with van der Waals surface area (Å²) < 4.78 is 7.76. The van der Waals surface area contributed by atoms with Gasteiger partial charge in [-0.15, -0.1) is 10.2 Å². The lowest BCUT2D eigenvalue weighted by Crippen LogP contribution is -2.33. The number of aryl methyl sites for hydroxylation is 1. The molecule has 1 aromatic rings. The molecule has 2 heterocycles. The molecule has 2 aliphatic rings. The van der Waals surface area contributed by atoms with E-state index in [4.69, 9.17) is 4.74 Å². The second-order valence-corrected chi connectivity index (χ2v) is 7.06.